The summed E-state index contributed by atoms with van der Waals surface area (Å²) in [5, 5.41) is 4.45. The monoisotopic (exact) mass is 572 g/mol. The van der Waals surface area contributed by atoms with Gasteiger partial charge in [0.25, 0.3) is 5.56 Å². The van der Waals surface area contributed by atoms with Gasteiger partial charge in [-0.1, -0.05) is 13.3 Å². The average molecular weight is 573 g/mol. The Bertz CT molecular complexity index is 1480. The highest BCUT2D eigenvalue weighted by Crippen LogP contribution is 2.32. The third kappa shape index (κ3) is 7.05. The van der Waals surface area contributed by atoms with E-state index in [4.69, 9.17) is 29.0 Å². The number of aryl methyl sites for hydroxylation is 2. The second kappa shape index (κ2) is 12.0. The van der Waals surface area contributed by atoms with Crippen LogP contribution in [0.1, 0.15) is 26.0 Å². The minimum atomic E-state index is -4.64. The summed E-state index contributed by atoms with van der Waals surface area (Å²) < 4.78 is 44.3. The molecule has 1 aliphatic rings. The van der Waals surface area contributed by atoms with Gasteiger partial charge in [0, 0.05) is 33.2 Å². The van der Waals surface area contributed by atoms with Gasteiger partial charge in [-0.15, -0.1) is 0 Å². The molecule has 3 heterocycles. The lowest BCUT2D eigenvalue weighted by Crippen LogP contribution is -2.47. The quantitative estimate of drug-likeness (QED) is 0.291. The number of piperazine rings is 1. The van der Waals surface area contributed by atoms with Gasteiger partial charge in [-0.3, -0.25) is 9.48 Å². The number of aromatic amines is 1. The van der Waals surface area contributed by atoms with Gasteiger partial charge in [-0.05, 0) is 38.6 Å². The van der Waals surface area contributed by atoms with E-state index in [1.807, 2.05) is 20.9 Å². The summed E-state index contributed by atoms with van der Waals surface area (Å²) in [7, 11) is -4.65. The van der Waals surface area contributed by atoms with Gasteiger partial charge in [-0.25, -0.2) is 18.0 Å². The highest BCUT2D eigenvalue weighted by atomic mass is 32.2. The second-order valence-corrected chi connectivity index (χ2v) is 11.7. The number of hydrogen-bond acceptors (Lipinski definition) is 8. The lowest BCUT2D eigenvalue weighted by Gasteiger charge is -2.31. The summed E-state index contributed by atoms with van der Waals surface area (Å²) in [6.45, 7) is 6.48. The van der Waals surface area contributed by atoms with Crippen LogP contribution in [0.2, 0.25) is 0 Å². The number of benzene rings is 1. The number of nitrogens with one attached hydrogen (secondary N) is 1. The maximum absolute atomic E-state index is 13.3. The smallest absolute Gasteiger partial charge is 0.466 e. The number of rotatable bonds is 7. The maximum Gasteiger partial charge on any atom is 0.466 e. The summed E-state index contributed by atoms with van der Waals surface area (Å²) >= 11 is 0. The number of fused-ring (bicyclic) bond motifs is 1. The lowest BCUT2D eigenvalue weighted by molar-refractivity contribution is 0.222. The minimum absolute atomic E-state index is 0.147. The number of sulfonamides is 1. The van der Waals surface area contributed by atoms with Crippen molar-refractivity contribution in [2.24, 2.45) is 7.05 Å². The molecule has 38 heavy (non-hydrogen) atoms. The Morgan fingerprint density at radius 3 is 2.32 bits per heavy atom. The first kappa shape index (κ1) is 29.9. The number of phosphoric acid groups is 1. The van der Waals surface area contributed by atoms with Crippen molar-refractivity contribution < 1.29 is 32.4 Å². The topological polar surface area (TPSA) is 191 Å². The van der Waals surface area contributed by atoms with Crippen LogP contribution in [0.15, 0.2) is 27.9 Å². The van der Waals surface area contributed by atoms with E-state index in [0.29, 0.717) is 61.6 Å². The Morgan fingerprint density at radius 2 is 1.74 bits per heavy atom. The van der Waals surface area contributed by atoms with Crippen LogP contribution in [0.25, 0.3) is 22.4 Å². The van der Waals surface area contributed by atoms with E-state index in [0.717, 1.165) is 12.1 Å². The molecule has 1 fully saturated rings. The van der Waals surface area contributed by atoms with E-state index in [-0.39, 0.29) is 16.3 Å². The van der Waals surface area contributed by atoms with Crippen LogP contribution in [0.4, 0.5) is 0 Å². The van der Waals surface area contributed by atoms with Crippen molar-refractivity contribution in [2.75, 3.05) is 39.8 Å². The molecular formula is C22H33N6O8PS. The van der Waals surface area contributed by atoms with Gasteiger partial charge < -0.3 is 29.3 Å². The molecule has 0 amide bonds. The fourth-order valence-corrected chi connectivity index (χ4v) is 5.54. The molecule has 1 aliphatic heterocycles. The van der Waals surface area contributed by atoms with Crippen LogP contribution >= 0.6 is 7.82 Å². The first-order chi connectivity index (χ1) is 17.8. The number of aromatic nitrogens is 4. The average Bonchev–Trinajstić information content (AvgIpc) is 3.14. The summed E-state index contributed by atoms with van der Waals surface area (Å²) in [6, 6.07) is 4.71. The summed E-state index contributed by atoms with van der Waals surface area (Å²) in [5.74, 6) is 0.718. The highest BCUT2D eigenvalue weighted by molar-refractivity contribution is 7.89. The molecule has 1 aromatic carbocycles. The third-order valence-electron chi connectivity index (χ3n) is 5.86. The molecule has 1 saturated heterocycles. The van der Waals surface area contributed by atoms with Gasteiger partial charge in [0.15, 0.2) is 5.52 Å². The third-order valence-corrected chi connectivity index (χ3v) is 7.75. The van der Waals surface area contributed by atoms with E-state index in [9.17, 15) is 13.2 Å². The molecule has 4 rings (SSSR count). The predicted molar refractivity (Wildman–Crippen MR) is 140 cm³/mol. The molecule has 0 unspecified atom stereocenters. The lowest BCUT2D eigenvalue weighted by atomic mass is 10.1. The molecular weight excluding hydrogens is 539 g/mol. The van der Waals surface area contributed by atoms with E-state index in [2.05, 4.69) is 15.0 Å². The fraction of sp³-hybridized carbons (Fsp3) is 0.500. The van der Waals surface area contributed by atoms with E-state index in [1.54, 1.807) is 25.2 Å². The van der Waals surface area contributed by atoms with Crippen molar-refractivity contribution in [3.63, 3.8) is 0 Å². The molecule has 0 radical (unpaired) electrons. The number of hydrogen-bond donors (Lipinski definition) is 4. The van der Waals surface area contributed by atoms with Crippen molar-refractivity contribution in [3.05, 3.63) is 34.2 Å². The van der Waals surface area contributed by atoms with Crippen molar-refractivity contribution in [2.45, 2.75) is 31.6 Å². The second-order valence-electron chi connectivity index (χ2n) is 8.74. The van der Waals surface area contributed by atoms with Gasteiger partial charge in [0.1, 0.15) is 17.1 Å². The van der Waals surface area contributed by atoms with Crippen LogP contribution in [-0.4, -0.2) is 91.9 Å². The Hall–Kier alpha value is -2.65. The molecule has 16 heteroatoms. The summed E-state index contributed by atoms with van der Waals surface area (Å²) in [6.07, 6.45) is 1.54. The first-order valence-corrected chi connectivity index (χ1v) is 15.0. The maximum atomic E-state index is 13.3. The highest BCUT2D eigenvalue weighted by Gasteiger charge is 2.29. The Labute approximate surface area is 220 Å². The van der Waals surface area contributed by atoms with Crippen molar-refractivity contribution >= 4 is 28.9 Å². The van der Waals surface area contributed by atoms with Gasteiger partial charge in [-0.2, -0.15) is 9.40 Å². The molecule has 210 valence electrons. The van der Waals surface area contributed by atoms with Gasteiger partial charge in [0.05, 0.1) is 22.8 Å². The Morgan fingerprint density at radius 1 is 1.11 bits per heavy atom. The number of ether oxygens (including phenoxy) is 1. The zero-order valence-corrected chi connectivity index (χ0v) is 23.4. The van der Waals surface area contributed by atoms with Crippen LogP contribution in [0, 0.1) is 0 Å². The molecule has 0 saturated carbocycles. The van der Waals surface area contributed by atoms with Crippen molar-refractivity contribution in [1.29, 1.82) is 0 Å². The largest absolute Gasteiger partial charge is 0.493 e. The van der Waals surface area contributed by atoms with Crippen LogP contribution in [0.3, 0.4) is 0 Å². The van der Waals surface area contributed by atoms with E-state index < -0.39 is 17.8 Å². The van der Waals surface area contributed by atoms with Crippen molar-refractivity contribution in [1.82, 2.24) is 29.0 Å². The Kier molecular flexibility index (Phi) is 9.47. The van der Waals surface area contributed by atoms with E-state index >= 15 is 0 Å². The number of nitrogens with zero attached hydrogens (tertiary/aromatic N) is 5. The standard InChI is InChI=1S/C22H30N6O4S.H3O4P/c1-5-7-17-19-20(27(4)25-17)22(29)24-21(23-19)16-14-15(8-9-18(16)32-6-2)33(30,31)28-12-10-26(3)11-13-28;1-5(2,3)4/h8-9,14H,5-7,10-13H2,1-4H3,(H,23,24,29);(H3,1,2,3,4). The molecule has 4 N–H and O–H groups in total. The van der Waals surface area contributed by atoms with Crippen molar-refractivity contribution in [3.8, 4) is 17.1 Å². The zero-order chi connectivity index (χ0) is 28.3. The molecule has 0 bridgehead atoms. The van der Waals surface area contributed by atoms with Crippen LogP contribution in [0.5, 0.6) is 5.75 Å². The zero-order valence-electron chi connectivity index (χ0n) is 21.7. The number of likely N-dealkylation sites (N-methyl/N-ethyl adjacent to an activating group) is 1. The first-order valence-electron chi connectivity index (χ1n) is 12.0. The van der Waals surface area contributed by atoms with E-state index in [1.165, 1.54) is 8.99 Å². The predicted octanol–water partition coefficient (Wildman–Crippen LogP) is 0.682. The minimum Gasteiger partial charge on any atom is -0.493 e. The normalized spacial score (nSPS) is 15.3. The molecule has 14 nitrogen and oxygen atoms in total. The molecule has 0 aliphatic carbocycles. The summed E-state index contributed by atoms with van der Waals surface area (Å²) in [4.78, 5) is 44.2. The van der Waals surface area contributed by atoms with Crippen LogP contribution < -0.4 is 10.3 Å². The number of H-pyrrole nitrogens is 1. The van der Waals surface area contributed by atoms with Crippen LogP contribution in [-0.2, 0) is 28.1 Å². The molecule has 2 aromatic heterocycles. The molecule has 0 spiro atoms. The Balaban J connectivity index is 0.000000732. The van der Waals surface area contributed by atoms with Gasteiger partial charge in [0.2, 0.25) is 10.0 Å². The molecule has 3 aromatic rings. The summed E-state index contributed by atoms with van der Waals surface area (Å²) in [5.41, 5.74) is 1.75. The fourth-order valence-electron chi connectivity index (χ4n) is 4.09. The molecule has 0 atom stereocenters. The SMILES string of the molecule is CCCc1nn(C)c2c(=O)[nH]c(-c3cc(S(=O)(=O)N4CCN(C)CC4)ccc3OCC)nc12.O=P(O)(O)O. The van der Waals surface area contributed by atoms with Gasteiger partial charge >= 0.3 is 7.82 Å².